The molecule has 4 aromatic rings. The third kappa shape index (κ3) is 9.80. The van der Waals surface area contributed by atoms with E-state index in [1.165, 1.54) is 25.4 Å². The number of aromatic nitrogens is 4. The summed E-state index contributed by atoms with van der Waals surface area (Å²) in [5.74, 6) is 0.993. The van der Waals surface area contributed by atoms with Crippen molar-refractivity contribution in [2.24, 2.45) is 7.05 Å². The molecule has 0 radical (unpaired) electrons. The van der Waals surface area contributed by atoms with Crippen molar-refractivity contribution in [1.82, 2.24) is 24.4 Å². The van der Waals surface area contributed by atoms with Gasteiger partial charge in [-0.1, -0.05) is 23.2 Å². The molecule has 2 saturated heterocycles. The zero-order valence-electron chi connectivity index (χ0n) is 34.5. The molecule has 3 aliphatic heterocycles. The van der Waals surface area contributed by atoms with E-state index in [0.29, 0.717) is 79.7 Å². The normalized spacial score (nSPS) is 16.1. The van der Waals surface area contributed by atoms with Gasteiger partial charge in [0.15, 0.2) is 5.69 Å². The molecular weight excluding hydrogens is 897 g/mol. The quantitative estimate of drug-likeness (QED) is 0.0901. The van der Waals surface area contributed by atoms with Crippen LogP contribution in [0.25, 0.3) is 0 Å². The number of aryl methyl sites for hydroxylation is 1. The number of likely N-dealkylation sites (N-methyl/N-ethyl adjacent to an activating group) is 1. The molecule has 2 fully saturated rings. The predicted molar refractivity (Wildman–Crippen MR) is 228 cm³/mol. The SMILES string of the molecule is COc1cc(OC)c(Cl)c(N2Cc3cnc(Nc4ccc(N5CCOCC5)cc4)nc3N(C3CCN(C(=O)/C=C/C[N+](C)(C)Cc4c([N+](=O)[O-])ncn4C)CC3)C2=O)c1Cl.[Br-]. The first kappa shape index (κ1) is 45.3. The summed E-state index contributed by atoms with van der Waals surface area (Å²) in [5, 5.41) is 15.1. The smallest absolute Gasteiger partial charge is 0.390 e. The summed E-state index contributed by atoms with van der Waals surface area (Å²) >= 11 is 13.7. The minimum atomic E-state index is -0.485. The summed E-state index contributed by atoms with van der Waals surface area (Å²) in [6.45, 7) is 4.66. The number of hydrogen-bond acceptors (Lipinski definition) is 12. The molecule has 1 N–H and O–H groups in total. The molecule has 0 aliphatic carbocycles. The van der Waals surface area contributed by atoms with E-state index in [-0.39, 0.29) is 68.5 Å². The van der Waals surface area contributed by atoms with Crippen LogP contribution in [0.5, 0.6) is 11.5 Å². The third-order valence-electron chi connectivity index (χ3n) is 10.9. The number of ether oxygens (including phenoxy) is 3. The number of imidazole rings is 1. The van der Waals surface area contributed by atoms with Gasteiger partial charge >= 0.3 is 11.8 Å². The third-order valence-corrected chi connectivity index (χ3v) is 11.7. The molecule has 21 heteroatoms. The summed E-state index contributed by atoms with van der Waals surface area (Å²) in [5.41, 5.74) is 3.27. The molecule has 2 aromatic heterocycles. The number of halogens is 3. The molecule has 2 aromatic carbocycles. The average Bonchev–Trinajstić information content (AvgIpc) is 3.60. The van der Waals surface area contributed by atoms with Crippen molar-refractivity contribution in [2.45, 2.75) is 32.0 Å². The van der Waals surface area contributed by atoms with Crippen molar-refractivity contribution < 1.29 is 50.2 Å². The van der Waals surface area contributed by atoms with Crippen LogP contribution in [-0.2, 0) is 29.7 Å². The molecule has 0 saturated carbocycles. The lowest BCUT2D eigenvalue weighted by Gasteiger charge is -2.43. The van der Waals surface area contributed by atoms with Gasteiger partial charge in [0, 0.05) is 74.5 Å². The maximum atomic E-state index is 14.8. The van der Waals surface area contributed by atoms with Gasteiger partial charge in [-0.3, -0.25) is 14.6 Å². The molecule has 61 heavy (non-hydrogen) atoms. The Kier molecular flexibility index (Phi) is 14.3. The number of likely N-dealkylation sites (tertiary alicyclic amines) is 1. The fraction of sp³-hybridized carbons (Fsp3) is 0.425. The first-order chi connectivity index (χ1) is 28.8. The summed E-state index contributed by atoms with van der Waals surface area (Å²) < 4.78 is 18.6. The van der Waals surface area contributed by atoms with E-state index in [9.17, 15) is 19.7 Å². The second kappa shape index (κ2) is 19.2. The van der Waals surface area contributed by atoms with E-state index in [1.54, 1.807) is 45.8 Å². The van der Waals surface area contributed by atoms with Gasteiger partial charge in [-0.05, 0) is 53.1 Å². The highest BCUT2D eigenvalue weighted by Gasteiger charge is 2.41. The lowest BCUT2D eigenvalue weighted by molar-refractivity contribution is -0.898. The van der Waals surface area contributed by atoms with Crippen molar-refractivity contribution in [3.63, 3.8) is 0 Å². The number of methoxy groups -OCH3 is 2. The van der Waals surface area contributed by atoms with Crippen LogP contribution < -0.4 is 46.5 Å². The fourth-order valence-corrected chi connectivity index (χ4v) is 8.40. The monoisotopic (exact) mass is 943 g/mol. The number of morpholine rings is 1. The highest BCUT2D eigenvalue weighted by Crippen LogP contribution is 2.48. The van der Waals surface area contributed by atoms with Crippen LogP contribution in [0.4, 0.5) is 39.4 Å². The van der Waals surface area contributed by atoms with Crippen LogP contribution in [0.3, 0.4) is 0 Å². The molecule has 18 nitrogen and oxygen atoms in total. The maximum absolute atomic E-state index is 14.8. The fourth-order valence-electron chi connectivity index (χ4n) is 7.69. The topological polar surface area (TPSA) is 174 Å². The van der Waals surface area contributed by atoms with Crippen molar-refractivity contribution in [2.75, 3.05) is 94.3 Å². The first-order valence-corrected chi connectivity index (χ1v) is 20.2. The van der Waals surface area contributed by atoms with Crippen molar-refractivity contribution >= 4 is 69.8 Å². The number of fused-ring (bicyclic) bond motifs is 1. The van der Waals surface area contributed by atoms with Crippen LogP contribution >= 0.6 is 23.2 Å². The minimum Gasteiger partial charge on any atom is -1.00 e. The van der Waals surface area contributed by atoms with E-state index >= 15 is 0 Å². The second-order valence-electron chi connectivity index (χ2n) is 15.4. The zero-order chi connectivity index (χ0) is 42.7. The van der Waals surface area contributed by atoms with E-state index in [2.05, 4.69) is 20.2 Å². The van der Waals surface area contributed by atoms with Crippen LogP contribution in [0, 0.1) is 10.1 Å². The van der Waals surface area contributed by atoms with Gasteiger partial charge in [0.1, 0.15) is 33.9 Å². The van der Waals surface area contributed by atoms with Gasteiger partial charge in [-0.2, -0.15) is 4.98 Å². The molecule has 5 heterocycles. The number of benzene rings is 2. The van der Waals surface area contributed by atoms with Gasteiger partial charge in [0.2, 0.25) is 18.2 Å². The Morgan fingerprint density at radius 3 is 2.33 bits per heavy atom. The van der Waals surface area contributed by atoms with Gasteiger partial charge in [-0.15, -0.1) is 0 Å². The van der Waals surface area contributed by atoms with Crippen molar-refractivity contribution in [3.8, 4) is 11.5 Å². The number of rotatable bonds is 13. The van der Waals surface area contributed by atoms with Crippen LogP contribution in [0.15, 0.2) is 55.0 Å². The van der Waals surface area contributed by atoms with Gasteiger partial charge in [0.05, 0.1) is 60.3 Å². The number of amides is 3. The van der Waals surface area contributed by atoms with Gasteiger partial charge in [0.25, 0.3) is 0 Å². The number of piperidine rings is 1. The van der Waals surface area contributed by atoms with E-state index in [1.807, 2.05) is 38.4 Å². The van der Waals surface area contributed by atoms with Crippen LogP contribution in [-0.4, -0.2) is 126 Å². The zero-order valence-corrected chi connectivity index (χ0v) is 37.6. The predicted octanol–water partition coefficient (Wildman–Crippen LogP) is 2.80. The van der Waals surface area contributed by atoms with Gasteiger partial charge < -0.3 is 65.5 Å². The summed E-state index contributed by atoms with van der Waals surface area (Å²) in [6, 6.07) is 8.82. The number of carbonyl (C=O) groups excluding carboxylic acids is 2. The minimum absolute atomic E-state index is 0. The molecule has 3 amide bonds. The lowest BCUT2D eigenvalue weighted by atomic mass is 10.0. The number of quaternary nitrogens is 1. The van der Waals surface area contributed by atoms with Crippen molar-refractivity contribution in [3.05, 3.63) is 86.4 Å². The summed E-state index contributed by atoms with van der Waals surface area (Å²) in [6.07, 6.45) is 7.37. The Labute approximate surface area is 374 Å². The molecule has 326 valence electrons. The molecule has 0 spiro atoms. The maximum Gasteiger partial charge on any atom is 0.390 e. The summed E-state index contributed by atoms with van der Waals surface area (Å²) in [4.78, 5) is 59.9. The number of nitrogens with one attached hydrogen (secondary N) is 1. The summed E-state index contributed by atoms with van der Waals surface area (Å²) in [7, 11) is 8.53. The van der Waals surface area contributed by atoms with Crippen molar-refractivity contribution in [1.29, 1.82) is 0 Å². The van der Waals surface area contributed by atoms with E-state index in [0.717, 1.165) is 24.5 Å². The van der Waals surface area contributed by atoms with Crippen LogP contribution in [0.1, 0.15) is 24.1 Å². The Hall–Kier alpha value is -5.21. The van der Waals surface area contributed by atoms with E-state index < -0.39 is 11.0 Å². The molecule has 3 aliphatic rings. The highest BCUT2D eigenvalue weighted by atomic mass is 79.9. The standard InChI is InChI=1S/C40H48Cl2N11O7.BrH/c1-47-25-44-38(52(56)57)30(47)24-53(2,3)18-6-7-33(54)49-14-12-29(13-15-49)51-37-26(23-50(40(51)55)36-34(41)31(58-4)21-32(59-5)35(36)42)22-43-39(46-37)45-27-8-10-28(11-9-27)48-16-19-60-20-17-48;/h6-11,21-22,25,29H,12-20,23-24H2,1-5H3,(H,43,45,46);1H/q+1;/p-1/b7-6+;. The number of hydrogen-bond donors (Lipinski definition) is 1. The van der Waals surface area contributed by atoms with Crippen LogP contribution in [0.2, 0.25) is 10.0 Å². The lowest BCUT2D eigenvalue weighted by Crippen LogP contribution is -3.00. The Balaban J connectivity index is 0.00000622. The molecule has 0 unspecified atom stereocenters. The largest absolute Gasteiger partial charge is 1.00 e. The Morgan fingerprint density at radius 1 is 1.05 bits per heavy atom. The van der Waals surface area contributed by atoms with Gasteiger partial charge in [-0.25, -0.2) is 9.78 Å². The molecule has 0 bridgehead atoms. The number of nitro groups is 1. The first-order valence-electron chi connectivity index (χ1n) is 19.5. The average molecular weight is 946 g/mol. The van der Waals surface area contributed by atoms with E-state index in [4.69, 9.17) is 42.4 Å². The molecule has 0 atom stereocenters. The number of nitrogens with zero attached hydrogens (tertiary/aromatic N) is 10. The molecular formula is C40H48BrCl2N11O7. The number of anilines is 5. The number of carbonyl (C=O) groups is 2. The Bertz CT molecular complexity index is 2250. The number of urea groups is 1. The Morgan fingerprint density at radius 2 is 1.70 bits per heavy atom. The molecule has 7 rings (SSSR count). The second-order valence-corrected chi connectivity index (χ2v) is 16.2. The highest BCUT2D eigenvalue weighted by molar-refractivity contribution is 6.42.